The Bertz CT molecular complexity index is 1010. The summed E-state index contributed by atoms with van der Waals surface area (Å²) < 4.78 is 7.76. The number of aryl methyl sites for hydroxylation is 1. The number of nitrogens with zero attached hydrogens (tertiary/aromatic N) is 2. The van der Waals surface area contributed by atoms with Crippen molar-refractivity contribution < 1.29 is 9.21 Å². The minimum atomic E-state index is -0.133. The van der Waals surface area contributed by atoms with Crippen molar-refractivity contribution in [2.45, 2.75) is 13.5 Å². The van der Waals surface area contributed by atoms with Gasteiger partial charge in [0.1, 0.15) is 11.5 Å². The number of carbonyl (C=O) groups is 1. The van der Waals surface area contributed by atoms with Gasteiger partial charge in [-0.3, -0.25) is 4.79 Å². The molecule has 26 heavy (non-hydrogen) atoms. The third kappa shape index (κ3) is 3.45. The molecule has 5 nitrogen and oxygen atoms in total. The number of nitrogens with one attached hydrogen (secondary N) is 1. The molecule has 0 saturated carbocycles. The Balaban J connectivity index is 1.39. The van der Waals surface area contributed by atoms with Crippen molar-refractivity contribution >= 4 is 17.2 Å². The predicted molar refractivity (Wildman–Crippen MR) is 101 cm³/mol. The number of carbonyl (C=O) groups excluding carboxylic acids is 1. The minimum absolute atomic E-state index is 0.133. The Hall–Kier alpha value is -3.12. The summed E-state index contributed by atoms with van der Waals surface area (Å²) in [7, 11) is 0. The SMILES string of the molecule is Cc1nc(-c2ccc(CNC(=O)c3ccc(-n4cccc4)cc3)o2)cs1. The van der Waals surface area contributed by atoms with Crippen molar-refractivity contribution in [1.29, 1.82) is 0 Å². The molecule has 1 N–H and O–H groups in total. The summed E-state index contributed by atoms with van der Waals surface area (Å²) in [6.07, 6.45) is 3.93. The van der Waals surface area contributed by atoms with Crippen LogP contribution in [0.3, 0.4) is 0 Å². The molecule has 130 valence electrons. The van der Waals surface area contributed by atoms with Crippen LogP contribution in [0, 0.1) is 6.92 Å². The van der Waals surface area contributed by atoms with Crippen LogP contribution < -0.4 is 5.32 Å². The van der Waals surface area contributed by atoms with E-state index in [0.29, 0.717) is 17.9 Å². The first-order valence-electron chi connectivity index (χ1n) is 8.22. The number of benzene rings is 1. The Kier molecular flexibility index (Phi) is 4.41. The monoisotopic (exact) mass is 363 g/mol. The molecule has 0 aliphatic heterocycles. The summed E-state index contributed by atoms with van der Waals surface area (Å²) in [6, 6.07) is 15.1. The second kappa shape index (κ2) is 7.01. The number of hydrogen-bond donors (Lipinski definition) is 1. The van der Waals surface area contributed by atoms with Crippen molar-refractivity contribution in [2.24, 2.45) is 0 Å². The highest BCUT2D eigenvalue weighted by Gasteiger charge is 2.10. The van der Waals surface area contributed by atoms with Gasteiger partial charge in [0, 0.05) is 29.0 Å². The fourth-order valence-electron chi connectivity index (χ4n) is 2.65. The summed E-state index contributed by atoms with van der Waals surface area (Å²) in [5, 5.41) is 5.84. The van der Waals surface area contributed by atoms with Crippen LogP contribution in [0.25, 0.3) is 17.1 Å². The molecule has 0 saturated heterocycles. The van der Waals surface area contributed by atoms with Crippen molar-refractivity contribution in [3.8, 4) is 17.1 Å². The van der Waals surface area contributed by atoms with E-state index in [1.807, 2.05) is 77.8 Å². The highest BCUT2D eigenvalue weighted by atomic mass is 32.1. The second-order valence-corrected chi connectivity index (χ2v) is 6.90. The average molecular weight is 363 g/mol. The summed E-state index contributed by atoms with van der Waals surface area (Å²) in [5.74, 6) is 1.28. The third-order valence-corrected chi connectivity index (χ3v) is 4.76. The van der Waals surface area contributed by atoms with Crippen LogP contribution in [0.15, 0.2) is 70.7 Å². The highest BCUT2D eigenvalue weighted by Crippen LogP contribution is 2.23. The van der Waals surface area contributed by atoms with Gasteiger partial charge in [0.05, 0.1) is 11.6 Å². The van der Waals surface area contributed by atoms with E-state index in [9.17, 15) is 4.79 Å². The van der Waals surface area contributed by atoms with Gasteiger partial charge in [-0.2, -0.15) is 0 Å². The summed E-state index contributed by atoms with van der Waals surface area (Å²) in [5.41, 5.74) is 2.45. The number of aromatic nitrogens is 2. The van der Waals surface area contributed by atoms with Gasteiger partial charge in [-0.1, -0.05) is 0 Å². The predicted octanol–water partition coefficient (Wildman–Crippen LogP) is 4.43. The molecule has 0 spiro atoms. The molecule has 1 amide bonds. The van der Waals surface area contributed by atoms with Crippen LogP contribution in [0.2, 0.25) is 0 Å². The average Bonchev–Trinajstić information content (AvgIpc) is 3.41. The fourth-order valence-corrected chi connectivity index (χ4v) is 3.25. The maximum Gasteiger partial charge on any atom is 0.251 e. The Morgan fingerprint density at radius 3 is 2.62 bits per heavy atom. The van der Waals surface area contributed by atoms with Gasteiger partial charge in [-0.05, 0) is 55.5 Å². The van der Waals surface area contributed by atoms with E-state index < -0.39 is 0 Å². The third-order valence-electron chi connectivity index (χ3n) is 3.99. The smallest absolute Gasteiger partial charge is 0.251 e. The van der Waals surface area contributed by atoms with E-state index in [1.165, 1.54) is 0 Å². The zero-order valence-electron chi connectivity index (χ0n) is 14.2. The lowest BCUT2D eigenvalue weighted by Crippen LogP contribution is -2.22. The summed E-state index contributed by atoms with van der Waals surface area (Å²) >= 11 is 1.58. The van der Waals surface area contributed by atoms with Crippen LogP contribution >= 0.6 is 11.3 Å². The van der Waals surface area contributed by atoms with Gasteiger partial charge >= 0.3 is 0 Å². The Morgan fingerprint density at radius 2 is 1.92 bits per heavy atom. The molecule has 4 aromatic rings. The molecule has 3 aromatic heterocycles. The molecular weight excluding hydrogens is 346 g/mol. The molecule has 0 atom stereocenters. The molecule has 0 fully saturated rings. The van der Waals surface area contributed by atoms with Crippen LogP contribution in [0.5, 0.6) is 0 Å². The van der Waals surface area contributed by atoms with Crippen molar-refractivity contribution in [2.75, 3.05) is 0 Å². The number of thiazole rings is 1. The molecule has 0 aliphatic carbocycles. The van der Waals surface area contributed by atoms with Crippen LogP contribution in [-0.2, 0) is 6.54 Å². The first-order chi connectivity index (χ1) is 12.7. The maximum absolute atomic E-state index is 12.3. The van der Waals surface area contributed by atoms with Crippen molar-refractivity contribution in [3.05, 3.63) is 82.6 Å². The molecule has 1 aromatic carbocycles. The van der Waals surface area contributed by atoms with Crippen LogP contribution in [0.1, 0.15) is 21.1 Å². The molecular formula is C20H17N3O2S. The van der Waals surface area contributed by atoms with Gasteiger partial charge in [0.25, 0.3) is 5.91 Å². The van der Waals surface area contributed by atoms with Crippen molar-refractivity contribution in [1.82, 2.24) is 14.9 Å². The van der Waals surface area contributed by atoms with Crippen LogP contribution in [-0.4, -0.2) is 15.5 Å². The standard InChI is InChI=1S/C20H17N3O2S/c1-14-22-18(13-26-14)19-9-8-17(25-19)12-21-20(24)15-4-6-16(7-5-15)23-10-2-3-11-23/h2-11,13H,12H2,1H3,(H,21,24). The van der Waals surface area contributed by atoms with Gasteiger partial charge in [-0.25, -0.2) is 4.98 Å². The van der Waals surface area contributed by atoms with Gasteiger partial charge < -0.3 is 14.3 Å². The van der Waals surface area contributed by atoms with E-state index in [-0.39, 0.29) is 5.91 Å². The molecule has 0 unspecified atom stereocenters. The summed E-state index contributed by atoms with van der Waals surface area (Å²) in [6.45, 7) is 2.29. The number of hydrogen-bond acceptors (Lipinski definition) is 4. The highest BCUT2D eigenvalue weighted by molar-refractivity contribution is 7.09. The second-order valence-electron chi connectivity index (χ2n) is 5.84. The topological polar surface area (TPSA) is 60.1 Å². The Labute approximate surface area is 154 Å². The molecule has 4 rings (SSSR count). The number of rotatable bonds is 5. The zero-order chi connectivity index (χ0) is 17.9. The first kappa shape index (κ1) is 16.4. The molecule has 0 radical (unpaired) electrons. The van der Waals surface area contributed by atoms with Gasteiger partial charge in [0.15, 0.2) is 5.76 Å². The minimum Gasteiger partial charge on any atom is -0.458 e. The first-order valence-corrected chi connectivity index (χ1v) is 9.10. The van der Waals surface area contributed by atoms with Gasteiger partial charge in [-0.15, -0.1) is 11.3 Å². The molecule has 6 heteroatoms. The van der Waals surface area contributed by atoms with Crippen molar-refractivity contribution in [3.63, 3.8) is 0 Å². The van der Waals surface area contributed by atoms with Gasteiger partial charge in [0.2, 0.25) is 0 Å². The normalized spacial score (nSPS) is 10.8. The Morgan fingerprint density at radius 1 is 1.15 bits per heavy atom. The molecule has 0 bridgehead atoms. The summed E-state index contributed by atoms with van der Waals surface area (Å²) in [4.78, 5) is 16.7. The largest absolute Gasteiger partial charge is 0.458 e. The lowest BCUT2D eigenvalue weighted by atomic mass is 10.2. The molecule has 3 heterocycles. The fraction of sp³-hybridized carbons (Fsp3) is 0.100. The van der Waals surface area contributed by atoms with E-state index in [4.69, 9.17) is 4.42 Å². The number of amides is 1. The van der Waals surface area contributed by atoms with E-state index in [2.05, 4.69) is 10.3 Å². The van der Waals surface area contributed by atoms with E-state index >= 15 is 0 Å². The number of furan rings is 1. The molecule has 0 aliphatic rings. The lowest BCUT2D eigenvalue weighted by molar-refractivity contribution is 0.0948. The lowest BCUT2D eigenvalue weighted by Gasteiger charge is -2.06. The quantitative estimate of drug-likeness (QED) is 0.570. The van der Waals surface area contributed by atoms with Crippen LogP contribution in [0.4, 0.5) is 0 Å². The zero-order valence-corrected chi connectivity index (χ0v) is 15.0. The van der Waals surface area contributed by atoms with E-state index in [1.54, 1.807) is 11.3 Å². The maximum atomic E-state index is 12.3. The van der Waals surface area contributed by atoms with E-state index in [0.717, 1.165) is 22.1 Å².